The molecule has 2 rings (SSSR count). The van der Waals surface area contributed by atoms with Crippen molar-refractivity contribution in [2.24, 2.45) is 0 Å². The molecule has 0 atom stereocenters. The van der Waals surface area contributed by atoms with Gasteiger partial charge < -0.3 is 0 Å². The van der Waals surface area contributed by atoms with E-state index in [-0.39, 0.29) is 0 Å². The van der Waals surface area contributed by atoms with Gasteiger partial charge in [0.1, 0.15) is 0 Å². The molecule has 0 unspecified atom stereocenters. The zero-order valence-corrected chi connectivity index (χ0v) is 10.3. The second kappa shape index (κ2) is 3.60. The highest BCUT2D eigenvalue weighted by atomic mass is 79.9. The van der Waals surface area contributed by atoms with Gasteiger partial charge in [0.2, 0.25) is 0 Å². The minimum Gasteiger partial charge on any atom is -0.144 e. The van der Waals surface area contributed by atoms with Crippen molar-refractivity contribution in [2.75, 3.05) is 0 Å². The predicted octanol–water partition coefficient (Wildman–Crippen LogP) is 4.71. The summed E-state index contributed by atoms with van der Waals surface area (Å²) in [6.45, 7) is 2.13. The second-order valence-electron chi connectivity index (χ2n) is 2.93. The van der Waals surface area contributed by atoms with Crippen LogP contribution in [0.4, 0.5) is 0 Å². The van der Waals surface area contributed by atoms with Gasteiger partial charge in [-0.25, -0.2) is 0 Å². The predicted molar refractivity (Wildman–Crippen MR) is 63.8 cm³/mol. The van der Waals surface area contributed by atoms with Crippen LogP contribution < -0.4 is 0 Å². The first-order valence-corrected chi connectivity index (χ1v) is 6.16. The van der Waals surface area contributed by atoms with Crippen LogP contribution >= 0.6 is 38.9 Å². The van der Waals surface area contributed by atoms with Crippen molar-refractivity contribution in [1.29, 1.82) is 0 Å². The summed E-state index contributed by atoms with van der Waals surface area (Å²) in [5.41, 5.74) is 2.51. The minimum atomic E-state index is 0.570. The molecule has 0 bridgehead atoms. The first-order valence-electron chi connectivity index (χ1n) is 3.95. The Morgan fingerprint density at radius 2 is 2.31 bits per heavy atom. The maximum absolute atomic E-state index is 5.88. The van der Waals surface area contributed by atoms with Gasteiger partial charge in [-0.2, -0.15) is 0 Å². The van der Waals surface area contributed by atoms with Crippen LogP contribution in [0.3, 0.4) is 0 Å². The number of hydrogen-bond donors (Lipinski definition) is 0. The molecular weight excluding hydrogens is 268 g/mol. The lowest BCUT2D eigenvalue weighted by molar-refractivity contribution is 1.31. The van der Waals surface area contributed by atoms with E-state index < -0.39 is 0 Å². The molecule has 2 aromatic rings. The molecule has 1 aromatic carbocycles. The molecule has 3 heteroatoms. The van der Waals surface area contributed by atoms with E-state index in [2.05, 4.69) is 40.4 Å². The van der Waals surface area contributed by atoms with Gasteiger partial charge in [0.15, 0.2) is 0 Å². The molecule has 0 amide bonds. The molecule has 0 aliphatic heterocycles. The Hall–Kier alpha value is -0.0500. The zero-order chi connectivity index (χ0) is 9.42. The summed E-state index contributed by atoms with van der Waals surface area (Å²) in [7, 11) is 0. The Labute approximate surface area is 94.7 Å². The van der Waals surface area contributed by atoms with Crippen LogP contribution in [0, 0.1) is 6.92 Å². The van der Waals surface area contributed by atoms with Crippen molar-refractivity contribution in [3.05, 3.63) is 33.1 Å². The summed E-state index contributed by atoms with van der Waals surface area (Å²) in [5, 5.41) is 3.41. The molecule has 0 radical (unpaired) electrons. The monoisotopic (exact) mass is 274 g/mol. The van der Waals surface area contributed by atoms with Crippen LogP contribution in [0.25, 0.3) is 10.1 Å². The molecule has 1 heterocycles. The normalized spacial score (nSPS) is 11.0. The molecule has 0 saturated carbocycles. The second-order valence-corrected chi connectivity index (χ2v) is 4.97. The van der Waals surface area contributed by atoms with Crippen LogP contribution in [0.5, 0.6) is 0 Å². The summed E-state index contributed by atoms with van der Waals surface area (Å²) in [5.74, 6) is 0.570. The topological polar surface area (TPSA) is 0 Å². The van der Waals surface area contributed by atoms with E-state index in [9.17, 15) is 0 Å². The van der Waals surface area contributed by atoms with Gasteiger partial charge in [-0.1, -0.05) is 15.9 Å². The van der Waals surface area contributed by atoms with Gasteiger partial charge in [-0.05, 0) is 40.9 Å². The fourth-order valence-corrected chi connectivity index (χ4v) is 3.55. The molecule has 0 saturated heterocycles. The number of halogens is 2. The van der Waals surface area contributed by atoms with Crippen molar-refractivity contribution in [3.8, 4) is 0 Å². The van der Waals surface area contributed by atoms with Crippen molar-refractivity contribution in [3.63, 3.8) is 0 Å². The van der Waals surface area contributed by atoms with Gasteiger partial charge in [-0.3, -0.25) is 0 Å². The summed E-state index contributed by atoms with van der Waals surface area (Å²) in [6, 6.07) is 4.27. The average molecular weight is 276 g/mol. The molecule has 1 aromatic heterocycles. The quantitative estimate of drug-likeness (QED) is 0.661. The lowest BCUT2D eigenvalue weighted by Crippen LogP contribution is -1.86. The third-order valence-electron chi connectivity index (χ3n) is 2.19. The van der Waals surface area contributed by atoms with E-state index in [1.807, 2.05) is 0 Å². The molecular formula is C10H8BrClS. The van der Waals surface area contributed by atoms with Gasteiger partial charge in [0.25, 0.3) is 0 Å². The molecule has 0 spiro atoms. The average Bonchev–Trinajstić information content (AvgIpc) is 2.53. The zero-order valence-electron chi connectivity index (χ0n) is 7.10. The van der Waals surface area contributed by atoms with Gasteiger partial charge in [-0.15, -0.1) is 22.9 Å². The van der Waals surface area contributed by atoms with Crippen molar-refractivity contribution in [1.82, 2.24) is 0 Å². The summed E-state index contributed by atoms with van der Waals surface area (Å²) < 4.78 is 2.46. The van der Waals surface area contributed by atoms with Crippen LogP contribution in [-0.2, 0) is 5.88 Å². The van der Waals surface area contributed by atoms with Crippen molar-refractivity contribution >= 4 is 49.0 Å². The lowest BCUT2D eigenvalue weighted by atomic mass is 10.1. The van der Waals surface area contributed by atoms with E-state index in [0.717, 1.165) is 4.47 Å². The summed E-state index contributed by atoms with van der Waals surface area (Å²) >= 11 is 11.2. The van der Waals surface area contributed by atoms with E-state index in [0.29, 0.717) is 5.88 Å². The molecule has 0 aliphatic carbocycles. The van der Waals surface area contributed by atoms with E-state index in [4.69, 9.17) is 11.6 Å². The molecule has 0 N–H and O–H groups in total. The van der Waals surface area contributed by atoms with Gasteiger partial charge in [0.05, 0.1) is 0 Å². The fraction of sp³-hybridized carbons (Fsp3) is 0.200. The van der Waals surface area contributed by atoms with Gasteiger partial charge >= 0.3 is 0 Å². The number of thiophene rings is 1. The number of alkyl halides is 1. The maximum atomic E-state index is 5.88. The number of hydrogen-bond acceptors (Lipinski definition) is 1. The third-order valence-corrected chi connectivity index (χ3v) is 4.22. The number of fused-ring (bicyclic) bond motifs is 1. The summed E-state index contributed by atoms with van der Waals surface area (Å²) in [4.78, 5) is 0. The highest BCUT2D eigenvalue weighted by Crippen LogP contribution is 2.33. The van der Waals surface area contributed by atoms with Crippen molar-refractivity contribution < 1.29 is 0 Å². The Balaban J connectivity index is 2.85. The third kappa shape index (κ3) is 1.51. The largest absolute Gasteiger partial charge is 0.144 e. The molecule has 68 valence electrons. The highest BCUT2D eigenvalue weighted by molar-refractivity contribution is 9.10. The molecule has 0 aliphatic rings. The minimum absolute atomic E-state index is 0.570. The lowest BCUT2D eigenvalue weighted by Gasteiger charge is -2.06. The highest BCUT2D eigenvalue weighted by Gasteiger charge is 2.08. The van der Waals surface area contributed by atoms with E-state index in [1.54, 1.807) is 11.3 Å². The molecule has 0 nitrogen and oxygen atoms in total. The number of rotatable bonds is 1. The molecule has 13 heavy (non-hydrogen) atoms. The Bertz CT molecular complexity index is 447. The standard InChI is InChI=1S/C10H8BrClS/c1-6-8(5-12)9(11)4-7-2-3-13-10(6)7/h2-4H,5H2,1H3. The molecule has 0 fully saturated rings. The fourth-order valence-electron chi connectivity index (χ4n) is 1.44. The van der Waals surface area contributed by atoms with Crippen molar-refractivity contribution in [2.45, 2.75) is 12.8 Å². The van der Waals surface area contributed by atoms with Crippen LogP contribution in [-0.4, -0.2) is 0 Å². The van der Waals surface area contributed by atoms with Gasteiger partial charge in [0, 0.05) is 15.1 Å². The first-order chi connectivity index (χ1) is 6.24. The first kappa shape index (κ1) is 9.50. The summed E-state index contributed by atoms with van der Waals surface area (Å²) in [6.07, 6.45) is 0. The Kier molecular flexibility index (Phi) is 2.63. The van der Waals surface area contributed by atoms with Crippen LogP contribution in [0.15, 0.2) is 22.0 Å². The SMILES string of the molecule is Cc1c(CCl)c(Br)cc2ccsc12. The Morgan fingerprint density at radius 3 is 3.00 bits per heavy atom. The maximum Gasteiger partial charge on any atom is 0.0488 e. The smallest absolute Gasteiger partial charge is 0.0488 e. The van der Waals surface area contributed by atoms with E-state index in [1.165, 1.54) is 21.2 Å². The number of benzene rings is 1. The van der Waals surface area contributed by atoms with E-state index >= 15 is 0 Å². The van der Waals surface area contributed by atoms with Crippen LogP contribution in [0.2, 0.25) is 0 Å². The Morgan fingerprint density at radius 1 is 1.54 bits per heavy atom. The number of aryl methyl sites for hydroxylation is 1. The van der Waals surface area contributed by atoms with Crippen LogP contribution in [0.1, 0.15) is 11.1 Å².